The van der Waals surface area contributed by atoms with Crippen LogP contribution in [-0.4, -0.2) is 44.7 Å². The summed E-state index contributed by atoms with van der Waals surface area (Å²) in [6.07, 6.45) is 2.92. The molecule has 1 aromatic heterocycles. The van der Waals surface area contributed by atoms with Gasteiger partial charge in [-0.15, -0.1) is 11.8 Å². The Hall–Kier alpha value is -2.59. The largest absolute Gasteiger partial charge is 0.468 e. The molecule has 26 heavy (non-hydrogen) atoms. The highest BCUT2D eigenvalue weighted by atomic mass is 32.2. The number of amides is 1. The van der Waals surface area contributed by atoms with E-state index >= 15 is 0 Å². The molecule has 0 aliphatic carbocycles. The molecule has 0 atom stereocenters. The Morgan fingerprint density at radius 2 is 2.19 bits per heavy atom. The fourth-order valence-electron chi connectivity index (χ4n) is 2.35. The number of rotatable bonds is 5. The minimum absolute atomic E-state index is 0.0229. The van der Waals surface area contributed by atoms with Crippen molar-refractivity contribution in [2.45, 2.75) is 9.79 Å². The molecule has 0 bridgehead atoms. The number of nitrogens with zero attached hydrogens (tertiary/aromatic N) is 2. The molecule has 1 N–H and O–H groups in total. The van der Waals surface area contributed by atoms with Crippen molar-refractivity contribution in [3.63, 3.8) is 0 Å². The molecule has 0 saturated carbocycles. The number of sulfonamides is 1. The molecule has 8 nitrogen and oxygen atoms in total. The number of carbonyl (C=O) groups excluding carboxylic acids is 2. The number of anilines is 2. The summed E-state index contributed by atoms with van der Waals surface area (Å²) in [5.74, 6) is -0.704. The van der Waals surface area contributed by atoms with Crippen molar-refractivity contribution < 1.29 is 22.7 Å². The number of ether oxygens (including phenoxy) is 1. The maximum atomic E-state index is 12.6. The van der Waals surface area contributed by atoms with Crippen LogP contribution in [0.3, 0.4) is 0 Å². The van der Waals surface area contributed by atoms with Gasteiger partial charge in [-0.3, -0.25) is 24.2 Å². The lowest BCUT2D eigenvalue weighted by atomic mass is 10.2. The third-order valence-electron chi connectivity index (χ3n) is 3.61. The van der Waals surface area contributed by atoms with Crippen LogP contribution in [0.15, 0.2) is 52.5 Å². The fourth-order valence-corrected chi connectivity index (χ4v) is 4.33. The zero-order valence-corrected chi connectivity index (χ0v) is 15.3. The van der Waals surface area contributed by atoms with Crippen molar-refractivity contribution in [3.8, 4) is 0 Å². The first kappa shape index (κ1) is 18.2. The first-order valence-electron chi connectivity index (χ1n) is 7.47. The number of methoxy groups -OCH3 is 1. The van der Waals surface area contributed by atoms with E-state index in [1.807, 2.05) is 0 Å². The predicted octanol–water partition coefficient (Wildman–Crippen LogP) is 1.49. The first-order chi connectivity index (χ1) is 12.4. The molecule has 1 aliphatic rings. The molecule has 2 heterocycles. The van der Waals surface area contributed by atoms with Crippen LogP contribution in [0.1, 0.15) is 0 Å². The number of aromatic nitrogens is 1. The van der Waals surface area contributed by atoms with Crippen molar-refractivity contribution in [2.75, 3.05) is 29.0 Å². The van der Waals surface area contributed by atoms with Gasteiger partial charge in [0.05, 0.1) is 35.3 Å². The molecule has 1 aliphatic heterocycles. The summed E-state index contributed by atoms with van der Waals surface area (Å²) >= 11 is 1.29. The lowest BCUT2D eigenvalue weighted by Gasteiger charge is -2.28. The second-order valence-corrected chi connectivity index (χ2v) is 8.02. The first-order valence-corrected chi connectivity index (χ1v) is 9.94. The summed E-state index contributed by atoms with van der Waals surface area (Å²) in [5, 5.41) is 0. The van der Waals surface area contributed by atoms with Crippen molar-refractivity contribution in [1.82, 2.24) is 4.98 Å². The second kappa shape index (κ2) is 7.34. The van der Waals surface area contributed by atoms with Gasteiger partial charge in [0.2, 0.25) is 5.91 Å². The molecule has 1 aromatic carbocycles. The van der Waals surface area contributed by atoms with Crippen LogP contribution >= 0.6 is 11.8 Å². The molecule has 1 amide bonds. The van der Waals surface area contributed by atoms with Gasteiger partial charge in [-0.05, 0) is 30.3 Å². The second-order valence-electron chi connectivity index (χ2n) is 5.32. The molecule has 3 rings (SSSR count). The molecule has 0 radical (unpaired) electrons. The standard InChI is InChI=1S/C16H15N3O5S2/c1-24-16(21)9-19-13-7-12(4-5-14(13)25-10-15(19)20)26(22,23)18-11-3-2-6-17-8-11/h2-8,18H,9-10H2,1H3. The van der Waals surface area contributed by atoms with Crippen molar-refractivity contribution in [2.24, 2.45) is 0 Å². The van der Waals surface area contributed by atoms with Gasteiger partial charge in [-0.1, -0.05) is 0 Å². The molecule has 0 unspecified atom stereocenters. The Morgan fingerprint density at radius 1 is 1.38 bits per heavy atom. The molecule has 10 heteroatoms. The number of thioether (sulfide) groups is 1. The van der Waals surface area contributed by atoms with Crippen LogP contribution in [0.5, 0.6) is 0 Å². The van der Waals surface area contributed by atoms with Crippen LogP contribution in [-0.2, 0) is 24.3 Å². The van der Waals surface area contributed by atoms with E-state index < -0.39 is 16.0 Å². The number of fused-ring (bicyclic) bond motifs is 1. The highest BCUT2D eigenvalue weighted by Crippen LogP contribution is 2.37. The van der Waals surface area contributed by atoms with Gasteiger partial charge < -0.3 is 4.74 Å². The number of esters is 1. The van der Waals surface area contributed by atoms with E-state index in [2.05, 4.69) is 14.4 Å². The van der Waals surface area contributed by atoms with E-state index in [9.17, 15) is 18.0 Å². The van der Waals surface area contributed by atoms with Gasteiger partial charge in [0.1, 0.15) is 6.54 Å². The Bertz CT molecular complexity index is 948. The van der Waals surface area contributed by atoms with Crippen LogP contribution in [0.2, 0.25) is 0 Å². The molecule has 0 spiro atoms. The number of benzene rings is 1. The quantitative estimate of drug-likeness (QED) is 0.767. The average molecular weight is 393 g/mol. The Kier molecular flexibility index (Phi) is 5.14. The van der Waals surface area contributed by atoms with E-state index in [-0.39, 0.29) is 23.1 Å². The van der Waals surface area contributed by atoms with Gasteiger partial charge in [0.25, 0.3) is 10.0 Å². The van der Waals surface area contributed by atoms with Crippen LogP contribution in [0, 0.1) is 0 Å². The monoisotopic (exact) mass is 393 g/mol. The Morgan fingerprint density at radius 3 is 2.88 bits per heavy atom. The summed E-state index contributed by atoms with van der Waals surface area (Å²) in [5.41, 5.74) is 0.688. The van der Waals surface area contributed by atoms with Crippen molar-refractivity contribution >= 4 is 45.0 Å². The number of carbonyl (C=O) groups is 2. The van der Waals surface area contributed by atoms with Crippen molar-refractivity contribution in [3.05, 3.63) is 42.7 Å². The topological polar surface area (TPSA) is 106 Å². The molecular formula is C16H15N3O5S2. The normalized spacial score (nSPS) is 13.9. The van der Waals surface area contributed by atoms with Crippen LogP contribution in [0.25, 0.3) is 0 Å². The molecule has 136 valence electrons. The molecule has 0 saturated heterocycles. The molecular weight excluding hydrogens is 378 g/mol. The summed E-state index contributed by atoms with van der Waals surface area (Å²) in [6.45, 7) is -0.275. The summed E-state index contributed by atoms with van der Waals surface area (Å²) in [4.78, 5) is 29.6. The SMILES string of the molecule is COC(=O)CN1C(=O)CSc2ccc(S(=O)(=O)Nc3cccnc3)cc21. The smallest absolute Gasteiger partial charge is 0.325 e. The Labute approximate surface area is 154 Å². The third kappa shape index (κ3) is 3.81. The van der Waals surface area contributed by atoms with E-state index in [0.29, 0.717) is 16.3 Å². The van der Waals surface area contributed by atoms with Gasteiger partial charge in [0, 0.05) is 11.1 Å². The summed E-state index contributed by atoms with van der Waals surface area (Å²) in [6, 6.07) is 7.64. The van der Waals surface area contributed by atoms with Gasteiger partial charge in [0.15, 0.2) is 0 Å². The van der Waals surface area contributed by atoms with E-state index in [1.165, 1.54) is 48.3 Å². The average Bonchev–Trinajstić information content (AvgIpc) is 2.64. The highest BCUT2D eigenvalue weighted by Gasteiger charge is 2.28. The van der Waals surface area contributed by atoms with Crippen LogP contribution < -0.4 is 9.62 Å². The number of nitrogens with one attached hydrogen (secondary N) is 1. The van der Waals surface area contributed by atoms with E-state index in [4.69, 9.17) is 0 Å². The Balaban J connectivity index is 1.96. The number of hydrogen-bond acceptors (Lipinski definition) is 7. The number of pyridine rings is 1. The summed E-state index contributed by atoms with van der Waals surface area (Å²) in [7, 11) is -2.65. The van der Waals surface area contributed by atoms with Crippen molar-refractivity contribution in [1.29, 1.82) is 0 Å². The third-order valence-corrected chi connectivity index (χ3v) is 6.04. The van der Waals surface area contributed by atoms with E-state index in [1.54, 1.807) is 18.2 Å². The lowest BCUT2D eigenvalue weighted by molar-refractivity contribution is -0.139. The minimum atomic E-state index is -3.88. The summed E-state index contributed by atoms with van der Waals surface area (Å²) < 4.78 is 32.3. The maximum absolute atomic E-state index is 12.6. The van der Waals surface area contributed by atoms with Gasteiger partial charge in [-0.25, -0.2) is 8.42 Å². The predicted molar refractivity (Wildman–Crippen MR) is 96.6 cm³/mol. The zero-order valence-electron chi connectivity index (χ0n) is 13.7. The lowest BCUT2D eigenvalue weighted by Crippen LogP contribution is -2.39. The minimum Gasteiger partial charge on any atom is -0.468 e. The fraction of sp³-hybridized carbons (Fsp3) is 0.188. The molecule has 2 aromatic rings. The highest BCUT2D eigenvalue weighted by molar-refractivity contribution is 8.00. The maximum Gasteiger partial charge on any atom is 0.325 e. The van der Waals surface area contributed by atoms with Gasteiger partial charge in [-0.2, -0.15) is 0 Å². The van der Waals surface area contributed by atoms with Crippen LogP contribution in [0.4, 0.5) is 11.4 Å². The zero-order chi connectivity index (χ0) is 18.7. The number of hydrogen-bond donors (Lipinski definition) is 1. The molecule has 0 fully saturated rings. The van der Waals surface area contributed by atoms with Gasteiger partial charge >= 0.3 is 5.97 Å². The van der Waals surface area contributed by atoms with E-state index in [0.717, 1.165) is 0 Å².